The summed E-state index contributed by atoms with van der Waals surface area (Å²) in [5, 5.41) is 9.46. The van der Waals surface area contributed by atoms with E-state index in [0.717, 1.165) is 11.5 Å². The van der Waals surface area contributed by atoms with E-state index in [1.165, 1.54) is 0 Å². The molecule has 0 aromatic heterocycles. The molecule has 0 heterocycles. The van der Waals surface area contributed by atoms with Crippen LogP contribution in [0.3, 0.4) is 0 Å². The zero-order chi connectivity index (χ0) is 4.99. The number of rotatable bonds is 2. The minimum absolute atomic E-state index is 0.653. The van der Waals surface area contributed by atoms with Gasteiger partial charge in [-0.3, -0.25) is 0 Å². The van der Waals surface area contributed by atoms with Crippen molar-refractivity contribution in [3.8, 4) is 0 Å². The Kier molecular flexibility index (Phi) is 3.08. The van der Waals surface area contributed by atoms with Gasteiger partial charge >= 0.3 is 0 Å². The first-order valence-corrected chi connectivity index (χ1v) is 1.96. The molecule has 0 bridgehead atoms. The molecule has 0 aliphatic rings. The molecule has 0 aliphatic carbocycles. The first kappa shape index (κ1) is 5.92. The van der Waals surface area contributed by atoms with E-state index in [9.17, 15) is 0 Å². The smallest absolute Gasteiger partial charge is 0.0235 e. The van der Waals surface area contributed by atoms with Gasteiger partial charge in [0.2, 0.25) is 0 Å². The summed E-state index contributed by atoms with van der Waals surface area (Å²) in [7, 11) is 1.60. The SMILES string of the molecule is [CH2]CCN(C)O. The fourth-order valence-corrected chi connectivity index (χ4v) is 0.229. The van der Waals surface area contributed by atoms with Gasteiger partial charge in [0.25, 0.3) is 0 Å². The number of nitrogens with zero attached hydrogens (tertiary/aromatic N) is 1. The van der Waals surface area contributed by atoms with Crippen LogP contribution in [0.5, 0.6) is 0 Å². The predicted molar refractivity (Wildman–Crippen MR) is 24.4 cm³/mol. The Morgan fingerprint density at radius 1 is 1.83 bits per heavy atom. The minimum Gasteiger partial charge on any atom is -0.314 e. The number of hydrogen-bond acceptors (Lipinski definition) is 2. The molecule has 0 atom stereocenters. The maximum absolute atomic E-state index is 8.35. The maximum atomic E-state index is 8.35. The van der Waals surface area contributed by atoms with Crippen molar-refractivity contribution in [2.45, 2.75) is 6.42 Å². The van der Waals surface area contributed by atoms with Crippen LogP contribution in [0, 0.1) is 6.92 Å². The zero-order valence-corrected chi connectivity index (χ0v) is 4.02. The van der Waals surface area contributed by atoms with Gasteiger partial charge in [-0.05, 0) is 6.42 Å². The Morgan fingerprint density at radius 3 is 2.33 bits per heavy atom. The van der Waals surface area contributed by atoms with Crippen LogP contribution in [0.4, 0.5) is 0 Å². The van der Waals surface area contributed by atoms with Crippen LogP contribution >= 0.6 is 0 Å². The normalized spacial score (nSPS) is 10.0. The summed E-state index contributed by atoms with van der Waals surface area (Å²) < 4.78 is 0. The summed E-state index contributed by atoms with van der Waals surface area (Å²) >= 11 is 0. The molecule has 0 aromatic rings. The van der Waals surface area contributed by atoms with Crippen molar-refractivity contribution in [3.63, 3.8) is 0 Å². The van der Waals surface area contributed by atoms with Crippen molar-refractivity contribution in [2.24, 2.45) is 0 Å². The zero-order valence-electron chi connectivity index (χ0n) is 4.02. The van der Waals surface area contributed by atoms with Gasteiger partial charge in [0, 0.05) is 13.6 Å². The fourth-order valence-electron chi connectivity index (χ4n) is 0.229. The average molecular weight is 88.1 g/mol. The molecule has 0 rings (SSSR count). The first-order chi connectivity index (χ1) is 2.77. The summed E-state index contributed by atoms with van der Waals surface area (Å²) in [5.41, 5.74) is 0. The first-order valence-electron chi connectivity index (χ1n) is 1.96. The summed E-state index contributed by atoms with van der Waals surface area (Å²) in [4.78, 5) is 0. The molecule has 0 spiro atoms. The Morgan fingerprint density at radius 2 is 2.33 bits per heavy atom. The summed E-state index contributed by atoms with van der Waals surface area (Å²) in [6, 6.07) is 0. The van der Waals surface area contributed by atoms with Crippen LogP contribution in [-0.2, 0) is 0 Å². The third-order valence-corrected chi connectivity index (χ3v) is 0.482. The van der Waals surface area contributed by atoms with Gasteiger partial charge in [-0.15, -0.1) is 0 Å². The van der Waals surface area contributed by atoms with Crippen LogP contribution in [-0.4, -0.2) is 23.9 Å². The maximum Gasteiger partial charge on any atom is 0.0235 e. The van der Waals surface area contributed by atoms with E-state index in [4.69, 9.17) is 5.21 Å². The third-order valence-electron chi connectivity index (χ3n) is 0.482. The second-order valence-electron chi connectivity index (χ2n) is 1.23. The lowest BCUT2D eigenvalue weighted by Gasteiger charge is -2.01. The van der Waals surface area contributed by atoms with Crippen LogP contribution < -0.4 is 0 Å². The van der Waals surface area contributed by atoms with Gasteiger partial charge in [0.1, 0.15) is 0 Å². The highest BCUT2D eigenvalue weighted by molar-refractivity contribution is 4.38. The Labute approximate surface area is 38.3 Å². The second kappa shape index (κ2) is 3.12. The van der Waals surface area contributed by atoms with Crippen LogP contribution in [0.1, 0.15) is 6.42 Å². The Hall–Kier alpha value is -0.0800. The van der Waals surface area contributed by atoms with Gasteiger partial charge < -0.3 is 5.21 Å². The second-order valence-corrected chi connectivity index (χ2v) is 1.23. The molecule has 0 amide bonds. The lowest BCUT2D eigenvalue weighted by atomic mass is 10.5. The molecule has 6 heavy (non-hydrogen) atoms. The lowest BCUT2D eigenvalue weighted by Crippen LogP contribution is -2.12. The highest BCUT2D eigenvalue weighted by atomic mass is 16.5. The van der Waals surface area contributed by atoms with Crippen molar-refractivity contribution >= 4 is 0 Å². The van der Waals surface area contributed by atoms with Crippen molar-refractivity contribution in [1.29, 1.82) is 0 Å². The topological polar surface area (TPSA) is 23.5 Å². The van der Waals surface area contributed by atoms with E-state index >= 15 is 0 Å². The number of hydrogen-bond donors (Lipinski definition) is 1. The highest BCUT2D eigenvalue weighted by Gasteiger charge is 1.81. The highest BCUT2D eigenvalue weighted by Crippen LogP contribution is 1.75. The molecule has 0 aliphatic heterocycles. The largest absolute Gasteiger partial charge is 0.314 e. The van der Waals surface area contributed by atoms with Gasteiger partial charge in [-0.25, -0.2) is 0 Å². The van der Waals surface area contributed by atoms with E-state index in [1.54, 1.807) is 7.05 Å². The van der Waals surface area contributed by atoms with E-state index in [2.05, 4.69) is 6.92 Å². The van der Waals surface area contributed by atoms with Crippen molar-refractivity contribution in [1.82, 2.24) is 5.06 Å². The molecule has 0 aromatic carbocycles. The average Bonchev–Trinajstić information content (AvgIpc) is 1.35. The molecule has 2 nitrogen and oxygen atoms in total. The Bertz CT molecular complexity index is 28.7. The van der Waals surface area contributed by atoms with E-state index in [0.29, 0.717) is 6.54 Å². The summed E-state index contributed by atoms with van der Waals surface area (Å²) in [5.74, 6) is 0. The number of hydroxylamine groups is 2. The lowest BCUT2D eigenvalue weighted by molar-refractivity contribution is -0.0630. The van der Waals surface area contributed by atoms with Crippen molar-refractivity contribution in [3.05, 3.63) is 6.92 Å². The molecular formula is C4H10NO. The van der Waals surface area contributed by atoms with Crippen LogP contribution in [0.2, 0.25) is 0 Å². The molecule has 0 fully saturated rings. The molecule has 1 radical (unpaired) electrons. The molecular weight excluding hydrogens is 78.0 g/mol. The predicted octanol–water partition coefficient (Wildman–Crippen LogP) is 0.532. The molecule has 0 saturated carbocycles. The molecule has 0 saturated heterocycles. The molecule has 0 unspecified atom stereocenters. The van der Waals surface area contributed by atoms with E-state index < -0.39 is 0 Å². The van der Waals surface area contributed by atoms with Gasteiger partial charge in [0.15, 0.2) is 0 Å². The van der Waals surface area contributed by atoms with Crippen LogP contribution in [0.15, 0.2) is 0 Å². The summed E-state index contributed by atoms with van der Waals surface area (Å²) in [6.45, 7) is 4.18. The van der Waals surface area contributed by atoms with Crippen molar-refractivity contribution in [2.75, 3.05) is 13.6 Å². The molecule has 1 N–H and O–H groups in total. The Balaban J connectivity index is 2.63. The molecule has 37 valence electrons. The van der Waals surface area contributed by atoms with Crippen molar-refractivity contribution < 1.29 is 5.21 Å². The minimum atomic E-state index is 0.653. The fraction of sp³-hybridized carbons (Fsp3) is 0.750. The summed E-state index contributed by atoms with van der Waals surface area (Å²) in [6.07, 6.45) is 0.757. The standard InChI is InChI=1S/C4H10NO/c1-3-4-5(2)6/h6H,1,3-4H2,2H3. The van der Waals surface area contributed by atoms with Gasteiger partial charge in [0.05, 0.1) is 0 Å². The monoisotopic (exact) mass is 88.1 g/mol. The van der Waals surface area contributed by atoms with E-state index in [-0.39, 0.29) is 0 Å². The molecule has 2 heteroatoms. The third kappa shape index (κ3) is 3.92. The quantitative estimate of drug-likeness (QED) is 0.498. The van der Waals surface area contributed by atoms with E-state index in [1.807, 2.05) is 0 Å². The van der Waals surface area contributed by atoms with Gasteiger partial charge in [-0.1, -0.05) is 6.92 Å². The van der Waals surface area contributed by atoms with Crippen LogP contribution in [0.25, 0.3) is 0 Å². The van der Waals surface area contributed by atoms with Gasteiger partial charge in [-0.2, -0.15) is 5.06 Å².